The van der Waals surface area contributed by atoms with E-state index >= 15 is 0 Å². The molecule has 8 heavy (non-hydrogen) atoms. The first-order chi connectivity index (χ1) is 3.77. The summed E-state index contributed by atoms with van der Waals surface area (Å²) in [4.78, 5) is 0. The fourth-order valence-corrected chi connectivity index (χ4v) is 0.465. The Kier molecular flexibility index (Phi) is 5.14. The van der Waals surface area contributed by atoms with Gasteiger partial charge in [0.2, 0.25) is 0 Å². The number of aliphatic hydroxyl groups is 1. The summed E-state index contributed by atoms with van der Waals surface area (Å²) in [6.07, 6.45) is 0.333. The molecule has 0 heterocycles. The zero-order chi connectivity index (χ0) is 6.41. The SMILES string of the molecule is C[C@H](O)C#CCCBr. The van der Waals surface area contributed by atoms with Gasteiger partial charge in [0.1, 0.15) is 6.10 Å². The van der Waals surface area contributed by atoms with E-state index in [0.29, 0.717) is 0 Å². The summed E-state index contributed by atoms with van der Waals surface area (Å²) >= 11 is 3.22. The van der Waals surface area contributed by atoms with E-state index in [-0.39, 0.29) is 0 Å². The number of aliphatic hydroxyl groups excluding tert-OH is 1. The summed E-state index contributed by atoms with van der Waals surface area (Å²) in [5.41, 5.74) is 0. The number of halogens is 1. The van der Waals surface area contributed by atoms with Gasteiger partial charge in [0.25, 0.3) is 0 Å². The fraction of sp³-hybridized carbons (Fsp3) is 0.667. The molecule has 0 aromatic carbocycles. The standard InChI is InChI=1S/C6H9BrO/c1-6(8)4-2-3-5-7/h6,8H,3,5H2,1H3/t6-/m0/s1. The van der Waals surface area contributed by atoms with Crippen LogP contribution in [0.25, 0.3) is 0 Å². The van der Waals surface area contributed by atoms with Crippen LogP contribution in [0.4, 0.5) is 0 Å². The number of hydrogen-bond acceptors (Lipinski definition) is 1. The monoisotopic (exact) mass is 176 g/mol. The van der Waals surface area contributed by atoms with Gasteiger partial charge >= 0.3 is 0 Å². The van der Waals surface area contributed by atoms with Crippen LogP contribution in [0.2, 0.25) is 0 Å². The molecule has 0 aromatic rings. The maximum atomic E-state index is 8.59. The topological polar surface area (TPSA) is 20.2 Å². The molecular formula is C6H9BrO. The molecule has 0 saturated carbocycles. The van der Waals surface area contributed by atoms with Crippen molar-refractivity contribution in [2.24, 2.45) is 0 Å². The van der Waals surface area contributed by atoms with E-state index in [9.17, 15) is 0 Å². The van der Waals surface area contributed by atoms with Gasteiger partial charge in [0.05, 0.1) is 0 Å². The van der Waals surface area contributed by atoms with E-state index in [2.05, 4.69) is 27.8 Å². The summed E-state index contributed by atoms with van der Waals surface area (Å²) in [5, 5.41) is 9.47. The van der Waals surface area contributed by atoms with Crippen molar-refractivity contribution in [3.8, 4) is 11.8 Å². The first kappa shape index (κ1) is 8.00. The van der Waals surface area contributed by atoms with Crippen molar-refractivity contribution in [3.63, 3.8) is 0 Å². The van der Waals surface area contributed by atoms with E-state index in [0.717, 1.165) is 11.8 Å². The van der Waals surface area contributed by atoms with Crippen molar-refractivity contribution < 1.29 is 5.11 Å². The molecule has 1 nitrogen and oxygen atoms in total. The minimum Gasteiger partial charge on any atom is -0.381 e. The highest BCUT2D eigenvalue weighted by Gasteiger charge is 1.80. The summed E-state index contributed by atoms with van der Waals surface area (Å²) in [7, 11) is 0. The van der Waals surface area contributed by atoms with Gasteiger partial charge in [-0.2, -0.15) is 0 Å². The molecule has 0 aliphatic heterocycles. The maximum Gasteiger partial charge on any atom is 0.111 e. The molecule has 0 unspecified atom stereocenters. The van der Waals surface area contributed by atoms with E-state index in [4.69, 9.17) is 5.11 Å². The van der Waals surface area contributed by atoms with Crippen LogP contribution in [0.3, 0.4) is 0 Å². The van der Waals surface area contributed by atoms with Crippen molar-refractivity contribution in [3.05, 3.63) is 0 Å². The first-order valence-corrected chi connectivity index (χ1v) is 3.62. The molecule has 0 aromatic heterocycles. The number of hydrogen-bond donors (Lipinski definition) is 1. The molecule has 0 amide bonds. The molecule has 0 aliphatic carbocycles. The molecule has 1 N–H and O–H groups in total. The van der Waals surface area contributed by atoms with Crippen LogP contribution >= 0.6 is 15.9 Å². The smallest absolute Gasteiger partial charge is 0.111 e. The average molecular weight is 177 g/mol. The van der Waals surface area contributed by atoms with Gasteiger partial charge in [-0.3, -0.25) is 0 Å². The highest BCUT2D eigenvalue weighted by Crippen LogP contribution is 1.84. The third-order valence-corrected chi connectivity index (χ3v) is 0.927. The first-order valence-electron chi connectivity index (χ1n) is 2.50. The highest BCUT2D eigenvalue weighted by molar-refractivity contribution is 9.09. The van der Waals surface area contributed by atoms with Crippen molar-refractivity contribution in [1.82, 2.24) is 0 Å². The van der Waals surface area contributed by atoms with E-state index in [1.807, 2.05) is 0 Å². The van der Waals surface area contributed by atoms with Crippen LogP contribution in [0.15, 0.2) is 0 Å². The molecule has 0 saturated heterocycles. The molecule has 0 aliphatic rings. The largest absolute Gasteiger partial charge is 0.381 e. The highest BCUT2D eigenvalue weighted by atomic mass is 79.9. The lowest BCUT2D eigenvalue weighted by Crippen LogP contribution is -1.92. The Bertz CT molecular complexity index is 98.8. The number of rotatable bonds is 1. The molecule has 0 spiro atoms. The van der Waals surface area contributed by atoms with Gasteiger partial charge in [0.15, 0.2) is 0 Å². The second kappa shape index (κ2) is 5.14. The van der Waals surface area contributed by atoms with Gasteiger partial charge in [-0.05, 0) is 6.92 Å². The minimum absolute atomic E-state index is 0.478. The molecule has 0 fully saturated rings. The summed E-state index contributed by atoms with van der Waals surface area (Å²) in [6.45, 7) is 1.65. The lowest BCUT2D eigenvalue weighted by Gasteiger charge is -1.85. The Morgan fingerprint density at radius 3 is 2.75 bits per heavy atom. The minimum atomic E-state index is -0.478. The Labute approximate surface area is 58.2 Å². The van der Waals surface area contributed by atoms with E-state index in [1.165, 1.54) is 0 Å². The van der Waals surface area contributed by atoms with Crippen LogP contribution in [0, 0.1) is 11.8 Å². The normalized spacial score (nSPS) is 11.9. The van der Waals surface area contributed by atoms with Crippen molar-refractivity contribution >= 4 is 15.9 Å². The fourth-order valence-electron chi connectivity index (χ4n) is 0.267. The van der Waals surface area contributed by atoms with Gasteiger partial charge in [0, 0.05) is 11.8 Å². The molecule has 2 heteroatoms. The van der Waals surface area contributed by atoms with Crippen LogP contribution in [0.1, 0.15) is 13.3 Å². The summed E-state index contributed by atoms with van der Waals surface area (Å²) < 4.78 is 0. The van der Waals surface area contributed by atoms with E-state index in [1.54, 1.807) is 6.92 Å². The summed E-state index contributed by atoms with van der Waals surface area (Å²) in [6, 6.07) is 0. The quantitative estimate of drug-likeness (QED) is 0.470. The van der Waals surface area contributed by atoms with Crippen LogP contribution < -0.4 is 0 Å². The zero-order valence-electron chi connectivity index (χ0n) is 4.82. The third-order valence-electron chi connectivity index (χ3n) is 0.530. The van der Waals surface area contributed by atoms with Crippen molar-refractivity contribution in [2.45, 2.75) is 19.4 Å². The van der Waals surface area contributed by atoms with Crippen LogP contribution in [-0.2, 0) is 0 Å². The third kappa shape index (κ3) is 6.00. The molecule has 0 radical (unpaired) electrons. The lowest BCUT2D eigenvalue weighted by atomic mass is 10.4. The summed E-state index contributed by atoms with van der Waals surface area (Å²) in [5.74, 6) is 5.41. The van der Waals surface area contributed by atoms with Gasteiger partial charge < -0.3 is 5.11 Å². The molecule has 1 atom stereocenters. The Balaban J connectivity index is 3.20. The van der Waals surface area contributed by atoms with Gasteiger partial charge in [-0.15, -0.1) is 0 Å². The van der Waals surface area contributed by atoms with Crippen LogP contribution in [0.5, 0.6) is 0 Å². The Morgan fingerprint density at radius 2 is 2.38 bits per heavy atom. The van der Waals surface area contributed by atoms with E-state index < -0.39 is 6.10 Å². The molecule has 46 valence electrons. The average Bonchev–Trinajstić information content (AvgIpc) is 1.66. The lowest BCUT2D eigenvalue weighted by molar-refractivity contribution is 0.253. The zero-order valence-corrected chi connectivity index (χ0v) is 6.40. The predicted octanol–water partition coefficient (Wildman–Crippen LogP) is 1.16. The second-order valence-corrected chi connectivity index (χ2v) is 2.23. The van der Waals surface area contributed by atoms with Gasteiger partial charge in [-0.25, -0.2) is 0 Å². The Morgan fingerprint density at radius 1 is 1.75 bits per heavy atom. The second-order valence-electron chi connectivity index (χ2n) is 1.44. The molecule has 0 bridgehead atoms. The van der Waals surface area contributed by atoms with Gasteiger partial charge in [-0.1, -0.05) is 27.8 Å². The van der Waals surface area contributed by atoms with Crippen LogP contribution in [-0.4, -0.2) is 16.5 Å². The maximum absolute atomic E-state index is 8.59. The van der Waals surface area contributed by atoms with Crippen molar-refractivity contribution in [1.29, 1.82) is 0 Å². The number of alkyl halides is 1. The Hall–Kier alpha value is 0. The van der Waals surface area contributed by atoms with Crippen molar-refractivity contribution in [2.75, 3.05) is 5.33 Å². The molecular weight excluding hydrogens is 168 g/mol. The predicted molar refractivity (Wildman–Crippen MR) is 37.9 cm³/mol. The molecule has 0 rings (SSSR count).